The van der Waals surface area contributed by atoms with E-state index in [-0.39, 0.29) is 54.1 Å². The molecule has 1 aliphatic carbocycles. The molecule has 3 fully saturated rings. The van der Waals surface area contributed by atoms with E-state index in [1.54, 1.807) is 27.2 Å². The van der Waals surface area contributed by atoms with Crippen LogP contribution in [0.1, 0.15) is 132 Å². The Balaban J connectivity index is 1.46. The first-order valence-corrected chi connectivity index (χ1v) is 25.1. The van der Waals surface area contributed by atoms with Gasteiger partial charge in [-0.1, -0.05) is 81.8 Å². The predicted octanol–water partition coefficient (Wildman–Crippen LogP) is 7.46. The number of carbonyl (C=O) groups is 4. The molecule has 1 aromatic heterocycles. The number of nitrogens with zero attached hydrogens (tertiary/aromatic N) is 2. The lowest BCUT2D eigenvalue weighted by Crippen LogP contribution is -2.61. The van der Waals surface area contributed by atoms with Crippen LogP contribution in [0.3, 0.4) is 0 Å². The van der Waals surface area contributed by atoms with E-state index in [9.17, 15) is 34.5 Å². The van der Waals surface area contributed by atoms with Crippen molar-refractivity contribution in [2.24, 2.45) is 35.5 Å². The minimum atomic E-state index is -2.42. The van der Waals surface area contributed by atoms with Crippen molar-refractivity contribution in [1.29, 1.82) is 0 Å². The van der Waals surface area contributed by atoms with E-state index < -0.39 is 65.9 Å². The molecule has 2 saturated heterocycles. The van der Waals surface area contributed by atoms with Crippen LogP contribution in [0.5, 0.6) is 0 Å². The molecule has 4 heterocycles. The zero-order chi connectivity index (χ0) is 49.7. The van der Waals surface area contributed by atoms with Crippen molar-refractivity contribution in [2.75, 3.05) is 26.1 Å². The van der Waals surface area contributed by atoms with Crippen molar-refractivity contribution in [2.45, 2.75) is 186 Å². The van der Waals surface area contributed by atoms with Crippen molar-refractivity contribution in [3.8, 4) is 0 Å². The molecular formula is C53H81N3O12. The highest BCUT2D eigenvalue weighted by Gasteiger charge is 2.53. The highest BCUT2D eigenvalue weighted by atomic mass is 16.6. The maximum absolute atomic E-state index is 14.5. The van der Waals surface area contributed by atoms with E-state index in [1.165, 1.54) is 18.3 Å². The van der Waals surface area contributed by atoms with Crippen LogP contribution in [-0.4, -0.2) is 124 Å². The van der Waals surface area contributed by atoms with Crippen LogP contribution in [0.4, 0.5) is 5.69 Å². The summed E-state index contributed by atoms with van der Waals surface area (Å²) in [4.78, 5) is 58.3. The Morgan fingerprint density at radius 2 is 1.65 bits per heavy atom. The number of aliphatic hydroxyl groups is 3. The average molecular weight is 952 g/mol. The van der Waals surface area contributed by atoms with Gasteiger partial charge in [-0.05, 0) is 127 Å². The molecule has 15 nitrogen and oxygen atoms in total. The Labute approximate surface area is 404 Å². The van der Waals surface area contributed by atoms with Crippen molar-refractivity contribution in [3.63, 3.8) is 0 Å². The van der Waals surface area contributed by atoms with Gasteiger partial charge in [-0.2, -0.15) is 0 Å². The lowest BCUT2D eigenvalue weighted by atomic mass is 9.78. The zero-order valence-corrected chi connectivity index (χ0v) is 42.0. The summed E-state index contributed by atoms with van der Waals surface area (Å²) in [6, 6.07) is -1.38. The third kappa shape index (κ3) is 14.5. The van der Waals surface area contributed by atoms with E-state index in [4.69, 9.17) is 23.5 Å². The fourth-order valence-electron chi connectivity index (χ4n) is 10.7. The van der Waals surface area contributed by atoms with Gasteiger partial charge in [0.1, 0.15) is 30.6 Å². The van der Waals surface area contributed by atoms with Gasteiger partial charge < -0.3 is 49.0 Å². The number of hydrogen-bond donors (Lipinski definition) is 4. The van der Waals surface area contributed by atoms with Gasteiger partial charge in [0.25, 0.3) is 11.7 Å². The van der Waals surface area contributed by atoms with Gasteiger partial charge in [-0.3, -0.25) is 14.4 Å². The number of Topliss-reactive ketones (excluding diaryl/α,β-unsaturated/α-hetero) is 2. The van der Waals surface area contributed by atoms with Gasteiger partial charge in [0.05, 0.1) is 30.2 Å². The minimum Gasteiger partial charge on any atom is -0.461 e. The monoisotopic (exact) mass is 952 g/mol. The summed E-state index contributed by atoms with van der Waals surface area (Å²) in [5.74, 6) is -6.27. The second kappa shape index (κ2) is 25.7. The normalized spacial score (nSPS) is 39.1. The number of ketones is 2. The van der Waals surface area contributed by atoms with Crippen LogP contribution in [0.2, 0.25) is 0 Å². The number of fused-ring (bicyclic) bond motifs is 3. The van der Waals surface area contributed by atoms with E-state index in [0.29, 0.717) is 88.3 Å². The fourth-order valence-corrected chi connectivity index (χ4v) is 10.7. The van der Waals surface area contributed by atoms with Gasteiger partial charge >= 0.3 is 5.97 Å². The van der Waals surface area contributed by atoms with Crippen molar-refractivity contribution in [3.05, 3.63) is 60.1 Å². The topological polar surface area (TPSA) is 207 Å². The molecule has 15 heteroatoms. The predicted molar refractivity (Wildman–Crippen MR) is 258 cm³/mol. The number of piperidine rings is 1. The molecule has 0 aromatic carbocycles. The maximum Gasteiger partial charge on any atom is 0.329 e. The number of methoxy groups -OCH3 is 2. The molecule has 68 heavy (non-hydrogen) atoms. The van der Waals surface area contributed by atoms with Crippen LogP contribution in [-0.2, 0) is 38.1 Å². The van der Waals surface area contributed by atoms with Crippen molar-refractivity contribution < 1.29 is 58.0 Å². The summed E-state index contributed by atoms with van der Waals surface area (Å²) < 4.78 is 29.1. The molecule has 1 amide bonds. The summed E-state index contributed by atoms with van der Waals surface area (Å²) in [5.41, 5.74) is 2.16. The fraction of sp³-hybridized carbons (Fsp3) is 0.717. The molecule has 3 aliphatic heterocycles. The SMILES string of the molecule is COC1CC(C[C@@H](C)[C@@H]2CC[C@H](C)/C=C(\C)C(O)[C@@H](OC)C(=O)C(C)C[C@H](C)/C=C/C=C/C=C(\C)C(Nc3cnoc3)C[C@@H]3CCC(C)C(O)(O3)C(=O)C(=O)N3CCCCC3C(=O)O2)CC[C@H]1O. The molecule has 1 saturated carbocycles. The highest BCUT2D eigenvalue weighted by molar-refractivity contribution is 6.39. The van der Waals surface area contributed by atoms with Crippen LogP contribution >= 0.6 is 0 Å². The number of ether oxygens (including phenoxy) is 4. The standard InChI is InChI=1S/C53H81N3O12/c1-32-15-11-10-12-16-34(3)42(55-40-30-54-66-31-40)29-41-21-19-38(7)53(63,68-41)50(60)51(61)56-24-14-13-17-43(56)52(62)67-45(35(4)27-39-20-22-44(57)46(28-39)64-8)23-18-33(2)26-37(6)48(59)49(65-9)47(58)36(5)25-32/h10-12,15-16,26,30-33,35-36,38-39,41-46,48-49,55,57,59,63H,13-14,17-25,27-29H2,1-9H3/b12-10+,15-11+,34-16+,37-26+/t32-,33+,35-,36?,38?,39?,41+,42?,43?,44-,45+,46?,48?,49+,53?/m1/s1. The number of allylic oxidation sites excluding steroid dienone is 6. The second-order valence-corrected chi connectivity index (χ2v) is 20.6. The third-order valence-electron chi connectivity index (χ3n) is 15.1. The van der Waals surface area contributed by atoms with E-state index in [2.05, 4.69) is 17.4 Å². The van der Waals surface area contributed by atoms with E-state index >= 15 is 0 Å². The quantitative estimate of drug-likeness (QED) is 0.119. The molecule has 15 atom stereocenters. The molecular weight excluding hydrogens is 871 g/mol. The summed E-state index contributed by atoms with van der Waals surface area (Å²) in [6.07, 6.45) is 17.7. The number of cyclic esters (lactones) is 1. The number of anilines is 1. The number of esters is 1. The molecule has 5 rings (SSSR count). The number of carbonyl (C=O) groups excluding carboxylic acids is 4. The number of hydrogen-bond acceptors (Lipinski definition) is 14. The van der Waals surface area contributed by atoms with Gasteiger partial charge in [-0.25, -0.2) is 4.79 Å². The number of nitrogens with one attached hydrogen (secondary N) is 1. The van der Waals surface area contributed by atoms with Gasteiger partial charge in [0.2, 0.25) is 5.79 Å². The van der Waals surface area contributed by atoms with E-state index in [1.807, 2.05) is 64.2 Å². The number of aliphatic hydroxyl groups excluding tert-OH is 2. The van der Waals surface area contributed by atoms with Crippen LogP contribution in [0.25, 0.3) is 0 Å². The van der Waals surface area contributed by atoms with Crippen molar-refractivity contribution >= 4 is 29.1 Å². The van der Waals surface area contributed by atoms with Gasteiger partial charge in [0.15, 0.2) is 5.78 Å². The van der Waals surface area contributed by atoms with Crippen LogP contribution < -0.4 is 5.32 Å². The van der Waals surface area contributed by atoms with Gasteiger partial charge in [0, 0.05) is 38.6 Å². The smallest absolute Gasteiger partial charge is 0.329 e. The number of amides is 1. The molecule has 0 radical (unpaired) electrons. The molecule has 0 spiro atoms. The molecule has 1 aromatic rings. The zero-order valence-electron chi connectivity index (χ0n) is 42.0. The second-order valence-electron chi connectivity index (χ2n) is 20.6. The Bertz CT molecular complexity index is 1930. The summed E-state index contributed by atoms with van der Waals surface area (Å²) in [5, 5.41) is 41.4. The molecule has 380 valence electrons. The number of rotatable bonds is 7. The highest BCUT2D eigenvalue weighted by Crippen LogP contribution is 2.38. The lowest BCUT2D eigenvalue weighted by Gasteiger charge is -2.43. The summed E-state index contributed by atoms with van der Waals surface area (Å²) in [7, 11) is 3.05. The molecule has 8 unspecified atom stereocenters. The first-order valence-electron chi connectivity index (χ1n) is 25.1. The lowest BCUT2D eigenvalue weighted by molar-refractivity contribution is -0.263. The molecule has 4 N–H and O–H groups in total. The number of aromatic nitrogens is 1. The van der Waals surface area contributed by atoms with Crippen molar-refractivity contribution in [1.82, 2.24) is 10.1 Å². The summed E-state index contributed by atoms with van der Waals surface area (Å²) >= 11 is 0. The largest absolute Gasteiger partial charge is 0.461 e. The first kappa shape index (κ1) is 54.9. The Kier molecular flexibility index (Phi) is 20.8. The molecule has 4 aliphatic rings. The Hall–Kier alpha value is -3.99. The van der Waals surface area contributed by atoms with Crippen LogP contribution in [0.15, 0.2) is 64.6 Å². The van der Waals surface area contributed by atoms with E-state index in [0.717, 1.165) is 12.0 Å². The van der Waals surface area contributed by atoms with Gasteiger partial charge in [-0.15, -0.1) is 0 Å². The molecule has 2 bridgehead atoms. The average Bonchev–Trinajstić information content (AvgIpc) is 3.84. The van der Waals surface area contributed by atoms with Crippen LogP contribution in [0, 0.1) is 35.5 Å². The Morgan fingerprint density at radius 3 is 2.35 bits per heavy atom. The first-order chi connectivity index (χ1) is 32.4. The third-order valence-corrected chi connectivity index (χ3v) is 15.1. The minimum absolute atomic E-state index is 0.0458. The Morgan fingerprint density at radius 1 is 0.882 bits per heavy atom. The summed E-state index contributed by atoms with van der Waals surface area (Å²) in [6.45, 7) is 13.6. The maximum atomic E-state index is 14.5.